The van der Waals surface area contributed by atoms with Crippen molar-refractivity contribution in [3.05, 3.63) is 34.9 Å². The molecule has 3 atom stereocenters. The molecule has 1 saturated carbocycles. The van der Waals surface area contributed by atoms with Gasteiger partial charge in [-0.05, 0) is 73.5 Å². The van der Waals surface area contributed by atoms with Crippen molar-refractivity contribution < 1.29 is 23.6 Å². The number of hydrogen-bond donors (Lipinski definition) is 3. The molecule has 0 unspecified atom stereocenters. The summed E-state index contributed by atoms with van der Waals surface area (Å²) in [6.45, 7) is 0.776. The molecule has 4 N–H and O–H groups in total. The zero-order chi connectivity index (χ0) is 20.9. The van der Waals surface area contributed by atoms with Crippen LogP contribution in [0, 0.1) is 5.92 Å². The lowest BCUT2D eigenvalue weighted by molar-refractivity contribution is 0.153. The van der Waals surface area contributed by atoms with Gasteiger partial charge in [0.1, 0.15) is 0 Å². The highest BCUT2D eigenvalue weighted by molar-refractivity contribution is 7.46. The number of unbranched alkanes of at least 4 members (excludes halogenated alkanes) is 2. The zero-order valence-electron chi connectivity index (χ0n) is 17.5. The van der Waals surface area contributed by atoms with E-state index in [-0.39, 0.29) is 6.61 Å². The zero-order valence-corrected chi connectivity index (χ0v) is 18.4. The molecule has 0 amide bonds. The molecule has 0 aromatic heterocycles. The number of aryl methyl sites for hydroxylation is 1. The number of methoxy groups -OCH3 is 1. The fourth-order valence-corrected chi connectivity index (χ4v) is 5.42. The van der Waals surface area contributed by atoms with Crippen molar-refractivity contribution in [1.82, 2.24) is 0 Å². The highest BCUT2D eigenvalue weighted by Crippen LogP contribution is 2.44. The molecule has 0 bridgehead atoms. The van der Waals surface area contributed by atoms with Crippen molar-refractivity contribution in [2.75, 3.05) is 20.3 Å². The molecule has 2 aliphatic carbocycles. The van der Waals surface area contributed by atoms with Gasteiger partial charge in [0.15, 0.2) is 0 Å². The molecule has 2 aliphatic rings. The minimum atomic E-state index is -4.47. The van der Waals surface area contributed by atoms with Crippen LogP contribution in [0.3, 0.4) is 0 Å². The summed E-state index contributed by atoms with van der Waals surface area (Å²) < 4.78 is 20.8. The molecule has 0 heterocycles. The summed E-state index contributed by atoms with van der Waals surface area (Å²) in [5.74, 6) is 1.13. The summed E-state index contributed by atoms with van der Waals surface area (Å²) >= 11 is 0. The Morgan fingerprint density at radius 3 is 2.79 bits per heavy atom. The summed E-state index contributed by atoms with van der Waals surface area (Å²) in [6.07, 6.45) is 11.0. The molecular formula is C22H36NO5P. The van der Waals surface area contributed by atoms with Gasteiger partial charge in [0.05, 0.1) is 6.61 Å². The molecule has 0 radical (unpaired) electrons. The Morgan fingerprint density at radius 2 is 2.03 bits per heavy atom. The third-order valence-electron chi connectivity index (χ3n) is 6.66. The van der Waals surface area contributed by atoms with Gasteiger partial charge in [-0.3, -0.25) is 4.52 Å². The van der Waals surface area contributed by atoms with E-state index in [9.17, 15) is 4.57 Å². The summed E-state index contributed by atoms with van der Waals surface area (Å²) in [4.78, 5) is 17.9. The molecule has 0 spiro atoms. The first-order valence-corrected chi connectivity index (χ1v) is 12.4. The number of phosphoric acid groups is 1. The Morgan fingerprint density at radius 1 is 1.21 bits per heavy atom. The number of phosphoric ester groups is 1. The van der Waals surface area contributed by atoms with Crippen LogP contribution in [0.1, 0.15) is 74.0 Å². The molecule has 0 aliphatic heterocycles. The number of nitrogens with two attached hydrogens (primary N) is 1. The normalized spacial score (nSPS) is 27.2. The summed E-state index contributed by atoms with van der Waals surface area (Å²) in [7, 11) is -2.71. The molecule has 29 heavy (non-hydrogen) atoms. The minimum absolute atomic E-state index is 0.0925. The third-order valence-corrected chi connectivity index (χ3v) is 7.12. The van der Waals surface area contributed by atoms with Crippen LogP contribution in [-0.4, -0.2) is 35.6 Å². The van der Waals surface area contributed by atoms with Crippen molar-refractivity contribution in [3.8, 4) is 0 Å². The van der Waals surface area contributed by atoms with E-state index in [0.717, 1.165) is 38.2 Å². The quantitative estimate of drug-likeness (QED) is 0.386. The fourth-order valence-electron chi connectivity index (χ4n) is 4.99. The maximum Gasteiger partial charge on any atom is 0.469 e. The highest BCUT2D eigenvalue weighted by Gasteiger charge is 2.38. The SMILES string of the molecule is COCCCCC[C@@H]1CCc2cc([C@@H]3CC[C@@](N)(COP(=O)(O)O)C3)ccc2C1. The average Bonchev–Trinajstić information content (AvgIpc) is 3.08. The molecule has 7 heteroatoms. The Balaban J connectivity index is 1.52. The second-order valence-corrected chi connectivity index (χ2v) is 10.3. The van der Waals surface area contributed by atoms with Gasteiger partial charge in [0, 0.05) is 19.3 Å². The van der Waals surface area contributed by atoms with Crippen LogP contribution < -0.4 is 5.73 Å². The summed E-state index contributed by atoms with van der Waals surface area (Å²) in [5, 5.41) is 0. The van der Waals surface area contributed by atoms with Gasteiger partial charge in [-0.2, -0.15) is 0 Å². The smallest absolute Gasteiger partial charge is 0.385 e. The van der Waals surface area contributed by atoms with E-state index < -0.39 is 13.4 Å². The summed E-state index contributed by atoms with van der Waals surface area (Å²) in [6, 6.07) is 6.88. The van der Waals surface area contributed by atoms with Crippen LogP contribution in [0.2, 0.25) is 0 Å². The van der Waals surface area contributed by atoms with E-state index in [0.29, 0.717) is 12.3 Å². The summed E-state index contributed by atoms with van der Waals surface area (Å²) in [5.41, 5.74) is 9.96. The van der Waals surface area contributed by atoms with Gasteiger partial charge in [-0.15, -0.1) is 0 Å². The number of rotatable bonds is 10. The van der Waals surface area contributed by atoms with Crippen LogP contribution in [0.15, 0.2) is 18.2 Å². The van der Waals surface area contributed by atoms with Gasteiger partial charge in [0.25, 0.3) is 0 Å². The molecule has 1 aromatic rings. The van der Waals surface area contributed by atoms with Gasteiger partial charge in [0.2, 0.25) is 0 Å². The van der Waals surface area contributed by atoms with Crippen LogP contribution in [0.5, 0.6) is 0 Å². The van der Waals surface area contributed by atoms with Crippen LogP contribution in [0.25, 0.3) is 0 Å². The maximum absolute atomic E-state index is 11.0. The number of hydrogen-bond acceptors (Lipinski definition) is 4. The lowest BCUT2D eigenvalue weighted by Gasteiger charge is -2.27. The predicted molar refractivity (Wildman–Crippen MR) is 114 cm³/mol. The van der Waals surface area contributed by atoms with E-state index in [1.165, 1.54) is 48.8 Å². The van der Waals surface area contributed by atoms with Gasteiger partial charge < -0.3 is 20.3 Å². The van der Waals surface area contributed by atoms with Gasteiger partial charge in [-0.25, -0.2) is 4.57 Å². The van der Waals surface area contributed by atoms with Crippen molar-refractivity contribution in [2.24, 2.45) is 11.7 Å². The Bertz CT molecular complexity index is 721. The van der Waals surface area contributed by atoms with Gasteiger partial charge >= 0.3 is 7.82 Å². The van der Waals surface area contributed by atoms with E-state index in [2.05, 4.69) is 18.2 Å². The Hall–Kier alpha value is -0.750. The van der Waals surface area contributed by atoms with Gasteiger partial charge in [-0.1, -0.05) is 37.5 Å². The van der Waals surface area contributed by atoms with Crippen molar-refractivity contribution in [3.63, 3.8) is 0 Å². The average molecular weight is 426 g/mol. The first kappa shape index (κ1) is 22.9. The molecule has 0 saturated heterocycles. The number of benzene rings is 1. The van der Waals surface area contributed by atoms with Crippen molar-refractivity contribution >= 4 is 7.82 Å². The second-order valence-electron chi connectivity index (χ2n) is 9.05. The lowest BCUT2D eigenvalue weighted by Crippen LogP contribution is -2.41. The molecule has 6 nitrogen and oxygen atoms in total. The van der Waals surface area contributed by atoms with Crippen LogP contribution in [-0.2, 0) is 26.7 Å². The van der Waals surface area contributed by atoms with E-state index in [4.69, 9.17) is 24.8 Å². The first-order valence-electron chi connectivity index (χ1n) is 10.9. The van der Waals surface area contributed by atoms with E-state index in [1.807, 2.05) is 0 Å². The highest BCUT2D eigenvalue weighted by atomic mass is 31.2. The van der Waals surface area contributed by atoms with Crippen molar-refractivity contribution in [1.29, 1.82) is 0 Å². The largest absolute Gasteiger partial charge is 0.469 e. The maximum atomic E-state index is 11.0. The topological polar surface area (TPSA) is 102 Å². The molecule has 1 aromatic carbocycles. The minimum Gasteiger partial charge on any atom is -0.385 e. The standard InChI is InChI=1S/C22H36NO5P/c1-27-12-4-2-3-5-17-6-7-19-14-20(9-8-18(19)13-17)21-10-11-22(23,15-21)16-28-29(24,25)26/h8-9,14,17,21H,2-7,10-13,15-16,23H2,1H3,(H2,24,25,26)/t17-,21-,22+/m1/s1. The van der Waals surface area contributed by atoms with Crippen LogP contribution in [0.4, 0.5) is 0 Å². The lowest BCUT2D eigenvalue weighted by atomic mass is 9.79. The number of fused-ring (bicyclic) bond motifs is 1. The third kappa shape index (κ3) is 6.88. The Labute approximate surface area is 174 Å². The van der Waals surface area contributed by atoms with Crippen molar-refractivity contribution in [2.45, 2.75) is 75.7 Å². The van der Waals surface area contributed by atoms with E-state index >= 15 is 0 Å². The molecule has 1 fully saturated rings. The molecular weight excluding hydrogens is 389 g/mol. The Kier molecular flexibility index (Phi) is 7.94. The fraction of sp³-hybridized carbons (Fsp3) is 0.727. The molecule has 164 valence electrons. The second kappa shape index (κ2) is 10.0. The predicted octanol–water partition coefficient (Wildman–Crippen LogP) is 4.07. The molecule has 3 rings (SSSR count). The number of ether oxygens (including phenoxy) is 1. The first-order chi connectivity index (χ1) is 13.8. The van der Waals surface area contributed by atoms with E-state index in [1.54, 1.807) is 7.11 Å². The van der Waals surface area contributed by atoms with Crippen LogP contribution >= 0.6 is 7.82 Å². The monoisotopic (exact) mass is 425 g/mol.